The maximum atomic E-state index is 8.96. The molecule has 78 valence electrons. The first-order chi connectivity index (χ1) is 7.04. The van der Waals surface area contributed by atoms with Crippen molar-refractivity contribution < 1.29 is 0 Å². The van der Waals surface area contributed by atoms with Crippen molar-refractivity contribution in [3.8, 4) is 6.07 Å². The highest BCUT2D eigenvalue weighted by molar-refractivity contribution is 5.82. The molecule has 15 heavy (non-hydrogen) atoms. The van der Waals surface area contributed by atoms with Gasteiger partial charge in [0.15, 0.2) is 0 Å². The highest BCUT2D eigenvalue weighted by atomic mass is 15.1. The van der Waals surface area contributed by atoms with Gasteiger partial charge in [-0.25, -0.2) is 4.99 Å². The molecule has 0 heterocycles. The molecule has 0 atom stereocenters. The first kappa shape index (κ1) is 11.3. The smallest absolute Gasteiger partial charge is 0.101 e. The van der Waals surface area contributed by atoms with Crippen LogP contribution in [-0.4, -0.2) is 24.8 Å². The number of aryl methyl sites for hydroxylation is 1. The minimum atomic E-state index is 0.621. The Kier molecular flexibility index (Phi) is 3.46. The number of nitriles is 1. The van der Waals surface area contributed by atoms with E-state index in [9.17, 15) is 0 Å². The van der Waals surface area contributed by atoms with Gasteiger partial charge in [0, 0.05) is 14.1 Å². The number of benzene rings is 1. The van der Waals surface area contributed by atoms with Crippen LogP contribution in [0.5, 0.6) is 0 Å². The van der Waals surface area contributed by atoms with Crippen molar-refractivity contribution in [2.75, 3.05) is 14.1 Å². The molecule has 0 spiro atoms. The van der Waals surface area contributed by atoms with E-state index in [0.29, 0.717) is 5.56 Å². The Balaban J connectivity index is 3.17. The second kappa shape index (κ2) is 4.61. The maximum Gasteiger partial charge on any atom is 0.101 e. The van der Waals surface area contributed by atoms with Crippen LogP contribution in [0, 0.1) is 18.3 Å². The minimum absolute atomic E-state index is 0.621. The van der Waals surface area contributed by atoms with Crippen molar-refractivity contribution in [2.24, 2.45) is 4.99 Å². The van der Waals surface area contributed by atoms with Gasteiger partial charge in [-0.1, -0.05) is 6.07 Å². The Labute approximate surface area is 90.7 Å². The molecule has 0 aliphatic rings. The zero-order valence-electron chi connectivity index (χ0n) is 9.57. The fourth-order valence-corrected chi connectivity index (χ4v) is 1.11. The Bertz CT molecular complexity index is 425. The second-order valence-electron chi connectivity index (χ2n) is 3.69. The lowest BCUT2D eigenvalue weighted by Crippen LogP contribution is -2.17. The summed E-state index contributed by atoms with van der Waals surface area (Å²) < 4.78 is 0. The molecular formula is C12H15N3. The third-order valence-corrected chi connectivity index (χ3v) is 2.20. The largest absolute Gasteiger partial charge is 0.366 e. The van der Waals surface area contributed by atoms with Gasteiger partial charge in [-0.15, -0.1) is 0 Å². The maximum absolute atomic E-state index is 8.96. The zero-order chi connectivity index (χ0) is 11.4. The van der Waals surface area contributed by atoms with Crippen LogP contribution in [-0.2, 0) is 0 Å². The molecule has 0 unspecified atom stereocenters. The van der Waals surface area contributed by atoms with E-state index in [1.165, 1.54) is 0 Å². The predicted octanol–water partition coefficient (Wildman–Crippen LogP) is 2.48. The number of nitrogens with zero attached hydrogens (tertiary/aromatic N) is 3. The number of hydrogen-bond acceptors (Lipinski definition) is 2. The zero-order valence-corrected chi connectivity index (χ0v) is 9.57. The molecule has 0 aliphatic heterocycles. The molecule has 0 saturated heterocycles. The van der Waals surface area contributed by atoms with Crippen LogP contribution < -0.4 is 0 Å². The topological polar surface area (TPSA) is 39.4 Å². The van der Waals surface area contributed by atoms with Crippen LogP contribution in [0.3, 0.4) is 0 Å². The van der Waals surface area contributed by atoms with Gasteiger partial charge in [0.25, 0.3) is 0 Å². The number of hydrogen-bond donors (Lipinski definition) is 0. The van der Waals surface area contributed by atoms with Gasteiger partial charge in [-0.05, 0) is 31.5 Å². The monoisotopic (exact) mass is 201 g/mol. The lowest BCUT2D eigenvalue weighted by Gasteiger charge is -2.11. The van der Waals surface area contributed by atoms with Crippen molar-refractivity contribution in [1.29, 1.82) is 5.26 Å². The molecule has 0 aliphatic carbocycles. The number of amidine groups is 1. The van der Waals surface area contributed by atoms with Crippen molar-refractivity contribution in [3.63, 3.8) is 0 Å². The lowest BCUT2D eigenvalue weighted by atomic mass is 10.1. The average molecular weight is 201 g/mol. The SMILES string of the molecule is CC(=Nc1ccc(C)cc1C#N)N(C)C. The van der Waals surface area contributed by atoms with Gasteiger partial charge in [0.05, 0.1) is 11.3 Å². The summed E-state index contributed by atoms with van der Waals surface area (Å²) in [5.41, 5.74) is 2.43. The van der Waals surface area contributed by atoms with E-state index in [4.69, 9.17) is 5.26 Å². The molecule has 1 aromatic rings. The van der Waals surface area contributed by atoms with Crippen LogP contribution in [0.1, 0.15) is 18.1 Å². The van der Waals surface area contributed by atoms with Crippen LogP contribution in [0.15, 0.2) is 23.2 Å². The Morgan fingerprint density at radius 3 is 2.60 bits per heavy atom. The molecule has 0 saturated carbocycles. The highest BCUT2D eigenvalue weighted by Crippen LogP contribution is 2.19. The summed E-state index contributed by atoms with van der Waals surface area (Å²) in [4.78, 5) is 6.31. The van der Waals surface area contributed by atoms with Crippen LogP contribution >= 0.6 is 0 Å². The second-order valence-corrected chi connectivity index (χ2v) is 3.69. The fourth-order valence-electron chi connectivity index (χ4n) is 1.11. The molecule has 0 N–H and O–H groups in total. The summed E-state index contributed by atoms with van der Waals surface area (Å²) in [5.74, 6) is 0.885. The van der Waals surface area contributed by atoms with Crippen molar-refractivity contribution in [2.45, 2.75) is 13.8 Å². The Morgan fingerprint density at radius 2 is 2.07 bits per heavy atom. The van der Waals surface area contributed by atoms with E-state index in [0.717, 1.165) is 17.1 Å². The third kappa shape index (κ3) is 2.81. The molecule has 1 aromatic carbocycles. The van der Waals surface area contributed by atoms with E-state index in [1.54, 1.807) is 0 Å². The standard InChI is InChI=1S/C12H15N3/c1-9-5-6-12(11(7-9)8-13)14-10(2)15(3)4/h5-7H,1-4H3. The van der Waals surface area contributed by atoms with Crippen molar-refractivity contribution in [1.82, 2.24) is 4.90 Å². The average Bonchev–Trinajstić information content (AvgIpc) is 2.20. The summed E-state index contributed by atoms with van der Waals surface area (Å²) in [6.07, 6.45) is 0. The summed E-state index contributed by atoms with van der Waals surface area (Å²) in [6.45, 7) is 3.88. The quantitative estimate of drug-likeness (QED) is 0.517. The summed E-state index contributed by atoms with van der Waals surface area (Å²) in [7, 11) is 3.86. The lowest BCUT2D eigenvalue weighted by molar-refractivity contribution is 0.619. The summed E-state index contributed by atoms with van der Waals surface area (Å²) in [5, 5.41) is 8.96. The highest BCUT2D eigenvalue weighted by Gasteiger charge is 2.02. The Hall–Kier alpha value is -1.82. The van der Waals surface area contributed by atoms with E-state index < -0.39 is 0 Å². The first-order valence-electron chi connectivity index (χ1n) is 4.78. The third-order valence-electron chi connectivity index (χ3n) is 2.20. The van der Waals surface area contributed by atoms with Gasteiger partial charge < -0.3 is 4.90 Å². The van der Waals surface area contributed by atoms with Crippen LogP contribution in [0.25, 0.3) is 0 Å². The van der Waals surface area contributed by atoms with E-state index >= 15 is 0 Å². The molecular weight excluding hydrogens is 186 g/mol. The van der Waals surface area contributed by atoms with E-state index in [-0.39, 0.29) is 0 Å². The molecule has 0 fully saturated rings. The number of aliphatic imine (C=N–C) groups is 1. The molecule has 0 radical (unpaired) electrons. The predicted molar refractivity (Wildman–Crippen MR) is 62.4 cm³/mol. The molecule has 3 nitrogen and oxygen atoms in total. The molecule has 0 aromatic heterocycles. The molecule has 1 rings (SSSR count). The van der Waals surface area contributed by atoms with E-state index in [1.807, 2.05) is 51.0 Å². The fraction of sp³-hybridized carbons (Fsp3) is 0.333. The molecule has 3 heteroatoms. The van der Waals surface area contributed by atoms with Crippen LogP contribution in [0.4, 0.5) is 5.69 Å². The summed E-state index contributed by atoms with van der Waals surface area (Å²) >= 11 is 0. The van der Waals surface area contributed by atoms with E-state index in [2.05, 4.69) is 11.1 Å². The number of rotatable bonds is 1. The van der Waals surface area contributed by atoms with Crippen LogP contribution in [0.2, 0.25) is 0 Å². The van der Waals surface area contributed by atoms with Crippen molar-refractivity contribution in [3.05, 3.63) is 29.3 Å². The molecule has 0 amide bonds. The first-order valence-corrected chi connectivity index (χ1v) is 4.78. The minimum Gasteiger partial charge on any atom is -0.366 e. The van der Waals surface area contributed by atoms with Gasteiger partial charge in [-0.2, -0.15) is 5.26 Å². The Morgan fingerprint density at radius 1 is 1.40 bits per heavy atom. The van der Waals surface area contributed by atoms with Gasteiger partial charge in [0.2, 0.25) is 0 Å². The van der Waals surface area contributed by atoms with Gasteiger partial charge in [0.1, 0.15) is 11.9 Å². The summed E-state index contributed by atoms with van der Waals surface area (Å²) in [6, 6.07) is 7.84. The molecule has 0 bridgehead atoms. The van der Waals surface area contributed by atoms with Crippen molar-refractivity contribution >= 4 is 11.5 Å². The van der Waals surface area contributed by atoms with Gasteiger partial charge in [-0.3, -0.25) is 0 Å². The normalized spacial score (nSPS) is 11.0. The van der Waals surface area contributed by atoms with Gasteiger partial charge >= 0.3 is 0 Å².